The highest BCUT2D eigenvalue weighted by atomic mass is 19.1. The van der Waals surface area contributed by atoms with Crippen molar-refractivity contribution >= 4 is 11.4 Å². The zero-order chi connectivity index (χ0) is 14.5. The molecule has 0 spiro atoms. The number of nitro benzene ring substituents is 1. The van der Waals surface area contributed by atoms with Gasteiger partial charge in [-0.2, -0.15) is 0 Å². The number of hydrogen-bond donors (Lipinski definition) is 1. The average Bonchev–Trinajstić information content (AvgIpc) is 2.46. The summed E-state index contributed by atoms with van der Waals surface area (Å²) in [5.74, 6) is -0.406. The first-order valence-electron chi connectivity index (χ1n) is 5.81. The fraction of sp³-hybridized carbons (Fsp3) is 0.0714. The van der Waals surface area contributed by atoms with Crippen LogP contribution in [-0.2, 0) is 6.42 Å². The number of hydrogen-bond acceptors (Lipinski definition) is 4. The molecule has 0 atom stereocenters. The second kappa shape index (κ2) is 5.92. The average molecular weight is 274 g/mol. The second-order valence-corrected chi connectivity index (χ2v) is 4.12. The van der Waals surface area contributed by atoms with Gasteiger partial charge in [0.1, 0.15) is 5.82 Å². The minimum Gasteiger partial charge on any atom is -0.411 e. The molecule has 2 rings (SSSR count). The molecule has 0 unspecified atom stereocenters. The van der Waals surface area contributed by atoms with E-state index in [0.717, 1.165) is 0 Å². The van der Waals surface area contributed by atoms with Crippen molar-refractivity contribution < 1.29 is 14.5 Å². The maximum absolute atomic E-state index is 12.9. The molecule has 0 heterocycles. The summed E-state index contributed by atoms with van der Waals surface area (Å²) in [6, 6.07) is 11.6. The van der Waals surface area contributed by atoms with Gasteiger partial charge in [-0.25, -0.2) is 4.39 Å². The lowest BCUT2D eigenvalue weighted by atomic mass is 10.0. The summed E-state index contributed by atoms with van der Waals surface area (Å²) in [6.07, 6.45) is 0.0826. The van der Waals surface area contributed by atoms with Gasteiger partial charge >= 0.3 is 0 Å². The van der Waals surface area contributed by atoms with E-state index in [9.17, 15) is 14.5 Å². The lowest BCUT2D eigenvalue weighted by Gasteiger charge is -2.05. The lowest BCUT2D eigenvalue weighted by Crippen LogP contribution is -2.07. The van der Waals surface area contributed by atoms with Gasteiger partial charge in [0.25, 0.3) is 5.69 Å². The highest BCUT2D eigenvalue weighted by molar-refractivity contribution is 6.01. The molecule has 0 bridgehead atoms. The van der Waals surface area contributed by atoms with Gasteiger partial charge in [-0.1, -0.05) is 35.5 Å². The zero-order valence-corrected chi connectivity index (χ0v) is 10.4. The monoisotopic (exact) mass is 274 g/mol. The lowest BCUT2D eigenvalue weighted by molar-refractivity contribution is -0.385. The summed E-state index contributed by atoms with van der Waals surface area (Å²) in [7, 11) is 0. The number of rotatable bonds is 4. The molecular formula is C14H11FN2O3. The van der Waals surface area contributed by atoms with Crippen LogP contribution in [-0.4, -0.2) is 15.8 Å². The van der Waals surface area contributed by atoms with E-state index in [4.69, 9.17) is 5.21 Å². The van der Waals surface area contributed by atoms with Crippen molar-refractivity contribution in [1.29, 1.82) is 0 Å². The summed E-state index contributed by atoms with van der Waals surface area (Å²) in [4.78, 5) is 10.4. The van der Waals surface area contributed by atoms with Crippen molar-refractivity contribution in [2.45, 2.75) is 6.42 Å². The van der Waals surface area contributed by atoms with Crippen LogP contribution >= 0.6 is 0 Å². The van der Waals surface area contributed by atoms with E-state index >= 15 is 0 Å². The number of nitrogens with zero attached hydrogens (tertiary/aromatic N) is 2. The Balaban J connectivity index is 2.32. The summed E-state index contributed by atoms with van der Waals surface area (Å²) < 4.78 is 12.9. The Kier molecular flexibility index (Phi) is 4.05. The van der Waals surface area contributed by atoms with Crippen LogP contribution in [0.4, 0.5) is 10.1 Å². The van der Waals surface area contributed by atoms with Crippen LogP contribution in [0.2, 0.25) is 0 Å². The van der Waals surface area contributed by atoms with Crippen molar-refractivity contribution in [2.24, 2.45) is 5.16 Å². The van der Waals surface area contributed by atoms with Crippen molar-refractivity contribution in [3.63, 3.8) is 0 Å². The van der Waals surface area contributed by atoms with Crippen LogP contribution in [0.1, 0.15) is 11.1 Å². The highest BCUT2D eigenvalue weighted by Gasteiger charge is 2.15. The van der Waals surface area contributed by atoms with Gasteiger partial charge < -0.3 is 5.21 Å². The third-order valence-corrected chi connectivity index (χ3v) is 2.84. The first kappa shape index (κ1) is 13.7. The van der Waals surface area contributed by atoms with Crippen molar-refractivity contribution in [1.82, 2.24) is 0 Å². The predicted molar refractivity (Wildman–Crippen MR) is 71.5 cm³/mol. The molecule has 6 heteroatoms. The first-order chi connectivity index (χ1) is 9.61. The van der Waals surface area contributed by atoms with Gasteiger partial charge in [0, 0.05) is 18.1 Å². The van der Waals surface area contributed by atoms with Crippen molar-refractivity contribution in [2.75, 3.05) is 0 Å². The van der Waals surface area contributed by atoms with Crippen LogP contribution < -0.4 is 0 Å². The summed E-state index contributed by atoms with van der Waals surface area (Å²) in [5, 5.41) is 23.1. The van der Waals surface area contributed by atoms with Gasteiger partial charge in [0.05, 0.1) is 10.6 Å². The molecule has 102 valence electrons. The largest absolute Gasteiger partial charge is 0.411 e. The quantitative estimate of drug-likeness (QED) is 0.402. The molecule has 2 aromatic carbocycles. The summed E-state index contributed by atoms with van der Waals surface area (Å²) in [5.41, 5.74) is 1.12. The second-order valence-electron chi connectivity index (χ2n) is 4.12. The molecule has 0 radical (unpaired) electrons. The Labute approximate surface area is 114 Å². The van der Waals surface area contributed by atoms with E-state index in [1.807, 2.05) is 0 Å². The summed E-state index contributed by atoms with van der Waals surface area (Å²) >= 11 is 0. The van der Waals surface area contributed by atoms with E-state index in [0.29, 0.717) is 11.1 Å². The maximum atomic E-state index is 12.9. The van der Waals surface area contributed by atoms with E-state index in [1.165, 1.54) is 30.3 Å². The molecule has 0 aliphatic heterocycles. The predicted octanol–water partition coefficient (Wildman–Crippen LogP) is 3.15. The molecule has 0 amide bonds. The van der Waals surface area contributed by atoms with Gasteiger partial charge in [-0.05, 0) is 17.7 Å². The number of para-hydroxylation sites is 1. The van der Waals surface area contributed by atoms with E-state index in [2.05, 4.69) is 5.16 Å². The Morgan fingerprint density at radius 1 is 1.20 bits per heavy atom. The van der Waals surface area contributed by atoms with Gasteiger partial charge in [0.2, 0.25) is 0 Å². The van der Waals surface area contributed by atoms with Gasteiger partial charge in [0.15, 0.2) is 0 Å². The Hall–Kier alpha value is -2.76. The Morgan fingerprint density at radius 3 is 2.45 bits per heavy atom. The minimum atomic E-state index is -0.491. The van der Waals surface area contributed by atoms with Gasteiger partial charge in [-0.3, -0.25) is 10.1 Å². The van der Waals surface area contributed by atoms with Crippen molar-refractivity contribution in [3.8, 4) is 0 Å². The standard InChI is InChI=1S/C14H11FN2O3/c15-12-7-5-10(6-8-12)13(16-18)9-11-3-1-2-4-14(11)17(19)20/h1-8,18H,9H2. The number of benzene rings is 2. The third kappa shape index (κ3) is 2.97. The molecule has 0 aliphatic carbocycles. The Bertz CT molecular complexity index is 654. The van der Waals surface area contributed by atoms with Crippen LogP contribution in [0, 0.1) is 15.9 Å². The zero-order valence-electron chi connectivity index (χ0n) is 10.4. The molecule has 0 saturated heterocycles. The SMILES string of the molecule is O=[N+]([O-])c1ccccc1CC(=NO)c1ccc(F)cc1. The van der Waals surface area contributed by atoms with Crippen LogP contribution in [0.3, 0.4) is 0 Å². The highest BCUT2D eigenvalue weighted by Crippen LogP contribution is 2.20. The fourth-order valence-corrected chi connectivity index (χ4v) is 1.86. The molecule has 1 N–H and O–H groups in total. The van der Waals surface area contributed by atoms with Crippen LogP contribution in [0.5, 0.6) is 0 Å². The molecule has 20 heavy (non-hydrogen) atoms. The summed E-state index contributed by atoms with van der Waals surface area (Å²) in [6.45, 7) is 0. The minimum absolute atomic E-state index is 0.0456. The fourth-order valence-electron chi connectivity index (χ4n) is 1.86. The number of oxime groups is 1. The Morgan fingerprint density at radius 2 is 1.85 bits per heavy atom. The van der Waals surface area contributed by atoms with Gasteiger partial charge in [-0.15, -0.1) is 0 Å². The smallest absolute Gasteiger partial charge is 0.272 e. The van der Waals surface area contributed by atoms with E-state index in [-0.39, 0.29) is 17.8 Å². The van der Waals surface area contributed by atoms with Crippen LogP contribution in [0.25, 0.3) is 0 Å². The van der Waals surface area contributed by atoms with Crippen molar-refractivity contribution in [3.05, 3.63) is 75.6 Å². The van der Waals surface area contributed by atoms with E-state index < -0.39 is 10.7 Å². The molecule has 0 fully saturated rings. The number of nitro groups is 1. The molecule has 0 saturated carbocycles. The third-order valence-electron chi connectivity index (χ3n) is 2.84. The topological polar surface area (TPSA) is 75.7 Å². The normalized spacial score (nSPS) is 11.3. The number of halogens is 1. The first-order valence-corrected chi connectivity index (χ1v) is 5.81. The molecule has 2 aromatic rings. The molecular weight excluding hydrogens is 263 g/mol. The maximum Gasteiger partial charge on any atom is 0.272 e. The molecule has 5 nitrogen and oxygen atoms in total. The molecule has 0 aliphatic rings. The van der Waals surface area contributed by atoms with E-state index in [1.54, 1.807) is 18.2 Å². The van der Waals surface area contributed by atoms with Crippen LogP contribution in [0.15, 0.2) is 53.7 Å². The molecule has 0 aromatic heterocycles.